The largest absolute Gasteiger partial charge is 0.461 e. The highest BCUT2D eigenvalue weighted by Gasteiger charge is 2.16. The number of nitrogens with one attached hydrogen (secondary N) is 1. The zero-order valence-electron chi connectivity index (χ0n) is 9.54. The number of halogens is 2. The highest BCUT2D eigenvalue weighted by molar-refractivity contribution is 5.87. The fourth-order valence-corrected chi connectivity index (χ4v) is 1.48. The van der Waals surface area contributed by atoms with E-state index in [0.717, 1.165) is 12.1 Å². The molecule has 94 valence electrons. The Bertz CT molecular complexity index is 561. The summed E-state index contributed by atoms with van der Waals surface area (Å²) in [6, 6.07) is 3.49. The molecule has 0 saturated heterocycles. The number of hydrogen-bond acceptors (Lipinski definition) is 3. The van der Waals surface area contributed by atoms with E-state index in [1.165, 1.54) is 12.3 Å². The van der Waals surface area contributed by atoms with Crippen molar-refractivity contribution < 1.29 is 18.3 Å². The fourth-order valence-electron chi connectivity index (χ4n) is 1.48. The van der Waals surface area contributed by atoms with E-state index < -0.39 is 17.6 Å². The van der Waals surface area contributed by atoms with Crippen LogP contribution in [0.4, 0.5) is 8.78 Å². The lowest BCUT2D eigenvalue weighted by molar-refractivity contribution is 0.0520. The van der Waals surface area contributed by atoms with Crippen LogP contribution in [-0.4, -0.2) is 22.5 Å². The van der Waals surface area contributed by atoms with Gasteiger partial charge in [-0.15, -0.1) is 0 Å². The monoisotopic (exact) mass is 252 g/mol. The average Bonchev–Trinajstić information content (AvgIpc) is 2.78. The average molecular weight is 252 g/mol. The second kappa shape index (κ2) is 4.95. The summed E-state index contributed by atoms with van der Waals surface area (Å²) < 4.78 is 31.7. The van der Waals surface area contributed by atoms with Crippen LogP contribution in [0, 0.1) is 11.6 Å². The van der Waals surface area contributed by atoms with Crippen molar-refractivity contribution in [3.63, 3.8) is 0 Å². The van der Waals surface area contributed by atoms with Crippen molar-refractivity contribution in [3.05, 3.63) is 41.7 Å². The summed E-state index contributed by atoms with van der Waals surface area (Å²) in [5.74, 6) is -2.17. The first-order valence-electron chi connectivity index (χ1n) is 5.30. The molecule has 0 amide bonds. The molecule has 1 N–H and O–H groups in total. The highest BCUT2D eigenvalue weighted by atomic mass is 19.1. The van der Waals surface area contributed by atoms with Crippen molar-refractivity contribution in [3.8, 4) is 11.4 Å². The number of aromatic nitrogens is 2. The van der Waals surface area contributed by atoms with Gasteiger partial charge in [0.05, 0.1) is 18.4 Å². The van der Waals surface area contributed by atoms with E-state index in [1.807, 2.05) is 0 Å². The molecule has 2 rings (SSSR count). The van der Waals surface area contributed by atoms with Crippen LogP contribution in [0.25, 0.3) is 11.4 Å². The van der Waals surface area contributed by atoms with Gasteiger partial charge in [-0.25, -0.2) is 18.6 Å². The van der Waals surface area contributed by atoms with Gasteiger partial charge in [0, 0.05) is 0 Å². The van der Waals surface area contributed by atoms with Crippen LogP contribution in [0.5, 0.6) is 0 Å². The van der Waals surface area contributed by atoms with Gasteiger partial charge >= 0.3 is 5.97 Å². The molecule has 0 aliphatic rings. The van der Waals surface area contributed by atoms with Gasteiger partial charge in [-0.2, -0.15) is 0 Å². The Morgan fingerprint density at radius 1 is 1.39 bits per heavy atom. The summed E-state index contributed by atoms with van der Waals surface area (Å²) in [6.07, 6.45) is 1.18. The molecule has 1 aromatic carbocycles. The van der Waals surface area contributed by atoms with Gasteiger partial charge in [0.15, 0.2) is 0 Å². The molecule has 0 atom stereocenters. The first-order valence-corrected chi connectivity index (χ1v) is 5.30. The highest BCUT2D eigenvalue weighted by Crippen LogP contribution is 2.23. The molecule has 0 bridgehead atoms. The number of H-pyrrole nitrogens is 1. The van der Waals surface area contributed by atoms with Gasteiger partial charge in [-0.3, -0.25) is 0 Å². The molecule has 6 heteroatoms. The third-order valence-electron chi connectivity index (χ3n) is 2.27. The molecule has 1 heterocycles. The van der Waals surface area contributed by atoms with Gasteiger partial charge < -0.3 is 9.72 Å². The molecule has 0 unspecified atom stereocenters. The number of imidazole rings is 1. The number of nitrogens with zero attached hydrogens (tertiary/aromatic N) is 1. The molecular weight excluding hydrogens is 242 g/mol. The van der Waals surface area contributed by atoms with Crippen molar-refractivity contribution in [2.45, 2.75) is 6.92 Å². The Morgan fingerprint density at radius 2 is 2.06 bits per heavy atom. The van der Waals surface area contributed by atoms with Crippen molar-refractivity contribution in [1.29, 1.82) is 0 Å². The van der Waals surface area contributed by atoms with Gasteiger partial charge in [-0.1, -0.05) is 6.07 Å². The smallest absolute Gasteiger partial charge is 0.356 e. The quantitative estimate of drug-likeness (QED) is 0.854. The van der Waals surface area contributed by atoms with E-state index in [4.69, 9.17) is 4.74 Å². The first-order chi connectivity index (χ1) is 8.63. The minimum Gasteiger partial charge on any atom is -0.461 e. The van der Waals surface area contributed by atoms with Crippen molar-refractivity contribution in [1.82, 2.24) is 9.97 Å². The van der Waals surface area contributed by atoms with Crippen LogP contribution in [0.3, 0.4) is 0 Å². The Hall–Kier alpha value is -2.24. The molecule has 0 spiro atoms. The summed E-state index contributed by atoms with van der Waals surface area (Å²) in [6.45, 7) is 1.87. The molecule has 2 aromatic rings. The summed E-state index contributed by atoms with van der Waals surface area (Å²) >= 11 is 0. The van der Waals surface area contributed by atoms with E-state index in [0.29, 0.717) is 0 Å². The van der Waals surface area contributed by atoms with Crippen LogP contribution >= 0.6 is 0 Å². The zero-order valence-corrected chi connectivity index (χ0v) is 9.54. The number of aromatic amines is 1. The minimum absolute atomic E-state index is 0.0475. The van der Waals surface area contributed by atoms with Crippen LogP contribution in [-0.2, 0) is 4.74 Å². The maximum atomic E-state index is 13.5. The SMILES string of the molecule is CCOC(=O)c1cnc(-c2c(F)cccc2F)[nH]1. The Balaban J connectivity index is 2.38. The fraction of sp³-hybridized carbons (Fsp3) is 0.167. The van der Waals surface area contributed by atoms with E-state index in [-0.39, 0.29) is 23.7 Å². The Labute approximate surface area is 102 Å². The molecule has 4 nitrogen and oxygen atoms in total. The zero-order chi connectivity index (χ0) is 13.1. The maximum Gasteiger partial charge on any atom is 0.356 e. The number of hydrogen-bond donors (Lipinski definition) is 1. The number of carbonyl (C=O) groups excluding carboxylic acids is 1. The summed E-state index contributed by atoms with van der Waals surface area (Å²) in [5.41, 5.74) is -0.248. The second-order valence-electron chi connectivity index (χ2n) is 3.46. The third kappa shape index (κ3) is 2.22. The molecule has 1 aromatic heterocycles. The predicted molar refractivity (Wildman–Crippen MR) is 59.9 cm³/mol. The molecule has 18 heavy (non-hydrogen) atoms. The minimum atomic E-state index is -0.750. The van der Waals surface area contributed by atoms with Crippen LogP contribution in [0.2, 0.25) is 0 Å². The molecule has 0 aliphatic heterocycles. The molecular formula is C12H10F2N2O2. The maximum absolute atomic E-state index is 13.5. The van der Waals surface area contributed by atoms with E-state index in [1.54, 1.807) is 6.92 Å². The topological polar surface area (TPSA) is 55.0 Å². The van der Waals surface area contributed by atoms with Gasteiger partial charge in [0.25, 0.3) is 0 Å². The lowest BCUT2D eigenvalue weighted by atomic mass is 10.2. The molecule has 0 fully saturated rings. The van der Waals surface area contributed by atoms with Crippen LogP contribution in [0.15, 0.2) is 24.4 Å². The van der Waals surface area contributed by atoms with Gasteiger partial charge in [0.2, 0.25) is 0 Å². The van der Waals surface area contributed by atoms with Crippen molar-refractivity contribution in [2.75, 3.05) is 6.61 Å². The number of ether oxygens (including phenoxy) is 1. The summed E-state index contributed by atoms with van der Waals surface area (Å²) in [5, 5.41) is 0. The van der Waals surface area contributed by atoms with Crippen LogP contribution < -0.4 is 0 Å². The molecule has 0 radical (unpaired) electrons. The Kier molecular flexibility index (Phi) is 3.36. The third-order valence-corrected chi connectivity index (χ3v) is 2.27. The molecule has 0 saturated carbocycles. The number of esters is 1. The first kappa shape index (κ1) is 12.2. The van der Waals surface area contributed by atoms with Crippen molar-refractivity contribution >= 4 is 5.97 Å². The number of carbonyl (C=O) groups is 1. The summed E-state index contributed by atoms with van der Waals surface area (Å²) in [7, 11) is 0. The molecule has 0 aliphatic carbocycles. The van der Waals surface area contributed by atoms with Gasteiger partial charge in [0.1, 0.15) is 23.2 Å². The lowest BCUT2D eigenvalue weighted by Gasteiger charge is -2.01. The Morgan fingerprint density at radius 3 is 2.67 bits per heavy atom. The van der Waals surface area contributed by atoms with E-state index in [9.17, 15) is 13.6 Å². The van der Waals surface area contributed by atoms with Gasteiger partial charge in [-0.05, 0) is 19.1 Å². The van der Waals surface area contributed by atoms with Crippen LogP contribution in [0.1, 0.15) is 17.4 Å². The van der Waals surface area contributed by atoms with Crippen molar-refractivity contribution in [2.24, 2.45) is 0 Å². The summed E-state index contributed by atoms with van der Waals surface area (Å²) in [4.78, 5) is 17.7. The lowest BCUT2D eigenvalue weighted by Crippen LogP contribution is -2.04. The number of benzene rings is 1. The van der Waals surface area contributed by atoms with E-state index >= 15 is 0 Å². The second-order valence-corrected chi connectivity index (χ2v) is 3.46. The number of rotatable bonds is 3. The standard InChI is InChI=1S/C12H10F2N2O2/c1-2-18-12(17)9-6-15-11(16-9)10-7(13)4-3-5-8(10)14/h3-6H,2H2,1H3,(H,15,16). The predicted octanol–water partition coefficient (Wildman–Crippen LogP) is 2.53. The van der Waals surface area contributed by atoms with E-state index in [2.05, 4.69) is 9.97 Å². The normalized spacial score (nSPS) is 10.4.